The minimum Gasteiger partial charge on any atom is -0.453 e. The van der Waals surface area contributed by atoms with Gasteiger partial charge in [-0.05, 0) is 48.4 Å². The second-order valence-electron chi connectivity index (χ2n) is 7.68. The van der Waals surface area contributed by atoms with E-state index in [-0.39, 0.29) is 17.0 Å². The Morgan fingerprint density at radius 3 is 2.61 bits per heavy atom. The summed E-state index contributed by atoms with van der Waals surface area (Å²) in [5.74, 6) is -1.54. The number of amides is 2. The molecule has 2 heterocycles. The summed E-state index contributed by atoms with van der Waals surface area (Å²) < 4.78 is 21.1. The van der Waals surface area contributed by atoms with Crippen molar-refractivity contribution in [3.8, 4) is 11.5 Å². The van der Waals surface area contributed by atoms with Crippen molar-refractivity contribution in [3.05, 3.63) is 100 Å². The van der Waals surface area contributed by atoms with E-state index in [1.807, 2.05) is 6.92 Å². The largest absolute Gasteiger partial charge is 0.453 e. The fourth-order valence-corrected chi connectivity index (χ4v) is 3.40. The minimum absolute atomic E-state index is 0.00852. The van der Waals surface area contributed by atoms with Gasteiger partial charge in [-0.15, -0.1) is 0 Å². The van der Waals surface area contributed by atoms with Gasteiger partial charge in [-0.2, -0.15) is 5.10 Å². The minimum atomic E-state index is -0.680. The van der Waals surface area contributed by atoms with Crippen molar-refractivity contribution in [2.24, 2.45) is 0 Å². The third-order valence-corrected chi connectivity index (χ3v) is 5.06. The lowest BCUT2D eigenvalue weighted by Gasteiger charge is -2.11. The van der Waals surface area contributed by atoms with Crippen LogP contribution < -0.4 is 21.1 Å². The third kappa shape index (κ3) is 5.61. The zero-order valence-electron chi connectivity index (χ0n) is 19.3. The number of ether oxygens (including phenoxy) is 1. The molecular weight excluding hydrogens is 465 g/mol. The molecule has 36 heavy (non-hydrogen) atoms. The van der Waals surface area contributed by atoms with Gasteiger partial charge in [-0.1, -0.05) is 31.2 Å². The molecule has 10 heteroatoms. The fourth-order valence-electron chi connectivity index (χ4n) is 3.40. The van der Waals surface area contributed by atoms with Crippen LogP contribution in [0.1, 0.15) is 29.4 Å². The van der Waals surface area contributed by atoms with Gasteiger partial charge in [0.05, 0.1) is 11.6 Å². The Kier molecular flexibility index (Phi) is 7.45. The molecule has 182 valence electrons. The molecule has 9 nitrogen and oxygen atoms in total. The molecule has 0 aliphatic heterocycles. The van der Waals surface area contributed by atoms with Gasteiger partial charge in [0, 0.05) is 24.2 Å². The van der Waals surface area contributed by atoms with Crippen LogP contribution in [-0.2, 0) is 11.3 Å². The van der Waals surface area contributed by atoms with Gasteiger partial charge in [0.15, 0.2) is 17.3 Å². The summed E-state index contributed by atoms with van der Waals surface area (Å²) in [6.45, 7) is 2.24. The maximum Gasteiger partial charge on any atom is 0.290 e. The number of aryl methyl sites for hydroxylation is 1. The molecule has 0 aliphatic carbocycles. The highest BCUT2D eigenvalue weighted by molar-refractivity contribution is 6.05. The van der Waals surface area contributed by atoms with Gasteiger partial charge >= 0.3 is 0 Å². The lowest BCUT2D eigenvalue weighted by atomic mass is 10.1. The van der Waals surface area contributed by atoms with Crippen LogP contribution in [-0.4, -0.2) is 26.6 Å². The van der Waals surface area contributed by atoms with Crippen molar-refractivity contribution in [2.75, 3.05) is 0 Å². The van der Waals surface area contributed by atoms with Crippen LogP contribution in [0.15, 0.2) is 77.9 Å². The Labute approximate surface area is 205 Å². The summed E-state index contributed by atoms with van der Waals surface area (Å²) in [6, 6.07) is 14.2. The molecule has 0 saturated heterocycles. The number of aromatic nitrogens is 3. The number of hydrazine groups is 1. The zero-order chi connectivity index (χ0) is 25.5. The van der Waals surface area contributed by atoms with Crippen molar-refractivity contribution in [1.29, 1.82) is 0 Å². The van der Waals surface area contributed by atoms with E-state index in [1.165, 1.54) is 29.1 Å². The van der Waals surface area contributed by atoms with Gasteiger partial charge in [0.1, 0.15) is 5.75 Å². The first-order valence-corrected chi connectivity index (χ1v) is 11.1. The number of hydrogen-bond donors (Lipinski definition) is 2. The molecule has 0 radical (unpaired) electrons. The molecule has 2 aromatic carbocycles. The van der Waals surface area contributed by atoms with Gasteiger partial charge in [-0.25, -0.2) is 9.07 Å². The summed E-state index contributed by atoms with van der Waals surface area (Å²) in [4.78, 5) is 41.4. The Bertz CT molecular complexity index is 1500. The van der Waals surface area contributed by atoms with Crippen LogP contribution in [0.25, 0.3) is 16.8 Å². The quantitative estimate of drug-likeness (QED) is 0.304. The summed E-state index contributed by atoms with van der Waals surface area (Å²) in [6.07, 6.45) is 6.22. The van der Waals surface area contributed by atoms with Crippen LogP contribution in [0.2, 0.25) is 0 Å². The number of nitrogens with one attached hydrogen (secondary N) is 2. The number of carbonyl (C=O) groups excluding carboxylic acids is 2. The number of hydrogen-bond acceptors (Lipinski definition) is 6. The van der Waals surface area contributed by atoms with E-state index in [9.17, 15) is 18.8 Å². The number of benzene rings is 2. The number of nitrogens with zero attached hydrogens (tertiary/aromatic N) is 3. The van der Waals surface area contributed by atoms with Crippen molar-refractivity contribution in [2.45, 2.75) is 19.9 Å². The average molecular weight is 487 g/mol. The molecule has 4 aromatic rings. The molecular formula is C26H22FN5O4. The van der Waals surface area contributed by atoms with Crippen molar-refractivity contribution >= 4 is 28.7 Å². The zero-order valence-corrected chi connectivity index (χ0v) is 19.3. The molecule has 0 unspecified atom stereocenters. The van der Waals surface area contributed by atoms with E-state index in [0.717, 1.165) is 6.08 Å². The summed E-state index contributed by atoms with van der Waals surface area (Å²) in [5, 5.41) is 4.91. The molecule has 2 amide bonds. The van der Waals surface area contributed by atoms with Gasteiger partial charge in [0.25, 0.3) is 17.4 Å². The first-order chi connectivity index (χ1) is 17.5. The Hall–Kier alpha value is -4.86. The monoisotopic (exact) mass is 487 g/mol. The number of rotatable bonds is 7. The van der Waals surface area contributed by atoms with Gasteiger partial charge in [0.2, 0.25) is 0 Å². The fraction of sp³-hybridized carbons (Fsp3) is 0.115. The van der Waals surface area contributed by atoms with E-state index in [0.29, 0.717) is 35.1 Å². The SMILES string of the molecule is CCCn1nc(C(=O)NNC(=O)/C=C/c2ccc(Oc3cccnc3)c(F)c2)c2ccccc2c1=O. The number of pyridine rings is 1. The molecule has 0 spiro atoms. The topological polar surface area (TPSA) is 115 Å². The number of carbonyl (C=O) groups is 2. The highest BCUT2D eigenvalue weighted by atomic mass is 19.1. The first kappa shape index (κ1) is 24.3. The van der Waals surface area contributed by atoms with E-state index >= 15 is 0 Å². The van der Waals surface area contributed by atoms with Crippen LogP contribution in [0.4, 0.5) is 4.39 Å². The van der Waals surface area contributed by atoms with E-state index in [2.05, 4.69) is 20.9 Å². The van der Waals surface area contributed by atoms with E-state index in [1.54, 1.807) is 48.7 Å². The number of halogens is 1. The van der Waals surface area contributed by atoms with Crippen LogP contribution in [0.5, 0.6) is 11.5 Å². The lowest BCUT2D eigenvalue weighted by Crippen LogP contribution is -2.42. The highest BCUT2D eigenvalue weighted by Crippen LogP contribution is 2.24. The average Bonchev–Trinajstić information content (AvgIpc) is 2.90. The highest BCUT2D eigenvalue weighted by Gasteiger charge is 2.16. The Morgan fingerprint density at radius 1 is 1.08 bits per heavy atom. The normalized spacial score (nSPS) is 10.9. The van der Waals surface area contributed by atoms with Crippen molar-refractivity contribution < 1.29 is 18.7 Å². The molecule has 0 bridgehead atoms. The molecule has 0 saturated carbocycles. The molecule has 4 rings (SSSR count). The maximum atomic E-state index is 14.4. The first-order valence-electron chi connectivity index (χ1n) is 11.1. The molecule has 2 N–H and O–H groups in total. The van der Waals surface area contributed by atoms with Crippen molar-refractivity contribution in [1.82, 2.24) is 25.6 Å². The van der Waals surface area contributed by atoms with Crippen LogP contribution >= 0.6 is 0 Å². The summed E-state index contributed by atoms with van der Waals surface area (Å²) in [7, 11) is 0. The predicted molar refractivity (Wildman–Crippen MR) is 132 cm³/mol. The predicted octanol–water partition coefficient (Wildman–Crippen LogP) is 3.61. The molecule has 0 fully saturated rings. The van der Waals surface area contributed by atoms with E-state index < -0.39 is 17.6 Å². The Balaban J connectivity index is 1.42. The Morgan fingerprint density at radius 2 is 1.89 bits per heavy atom. The summed E-state index contributed by atoms with van der Waals surface area (Å²) in [5.41, 5.74) is 4.68. The maximum absolute atomic E-state index is 14.4. The molecule has 2 aromatic heterocycles. The molecule has 0 atom stereocenters. The van der Waals surface area contributed by atoms with Gasteiger partial charge in [-0.3, -0.25) is 30.2 Å². The second-order valence-corrected chi connectivity index (χ2v) is 7.68. The lowest BCUT2D eigenvalue weighted by molar-refractivity contribution is -0.117. The summed E-state index contributed by atoms with van der Waals surface area (Å²) >= 11 is 0. The van der Waals surface area contributed by atoms with Crippen LogP contribution in [0, 0.1) is 5.82 Å². The van der Waals surface area contributed by atoms with Crippen molar-refractivity contribution in [3.63, 3.8) is 0 Å². The number of fused-ring (bicyclic) bond motifs is 1. The smallest absolute Gasteiger partial charge is 0.290 e. The van der Waals surface area contributed by atoms with Gasteiger partial charge < -0.3 is 4.74 Å². The molecule has 0 aliphatic rings. The second kappa shape index (κ2) is 11.0. The van der Waals surface area contributed by atoms with E-state index in [4.69, 9.17) is 4.74 Å². The van der Waals surface area contributed by atoms with Crippen LogP contribution in [0.3, 0.4) is 0 Å². The third-order valence-electron chi connectivity index (χ3n) is 5.06. The standard InChI is InChI=1S/C26H22FN5O4/c1-2-14-32-26(35)20-8-4-3-7-19(20)24(31-32)25(34)30-29-23(33)12-10-17-9-11-22(21(27)15-17)36-18-6-5-13-28-16-18/h3-13,15-16H,2,14H2,1H3,(H,29,33)(H,30,34)/b12-10+.